The largest absolute Gasteiger partial charge is 0.478 e. The van der Waals surface area contributed by atoms with Crippen molar-refractivity contribution in [3.8, 4) is 0 Å². The molecule has 5 heteroatoms. The Morgan fingerprint density at radius 2 is 1.95 bits per heavy atom. The van der Waals surface area contributed by atoms with Crippen LogP contribution in [0.25, 0.3) is 0 Å². The van der Waals surface area contributed by atoms with Crippen LogP contribution in [0.3, 0.4) is 0 Å². The van der Waals surface area contributed by atoms with Gasteiger partial charge in [0.05, 0.1) is 11.3 Å². The highest BCUT2D eigenvalue weighted by atomic mass is 16.4. The van der Waals surface area contributed by atoms with E-state index in [1.165, 1.54) is 6.42 Å². The highest BCUT2D eigenvalue weighted by Crippen LogP contribution is 2.27. The Bertz CT molecular complexity index is 506. The zero-order chi connectivity index (χ0) is 14.9. The molecule has 1 saturated heterocycles. The molecule has 1 aromatic carbocycles. The maximum absolute atomic E-state index is 11.2. The Balaban J connectivity index is 2.27. The second-order valence-corrected chi connectivity index (χ2v) is 5.71. The minimum Gasteiger partial charge on any atom is -0.478 e. The van der Waals surface area contributed by atoms with E-state index in [0.717, 1.165) is 24.1 Å². The van der Waals surface area contributed by atoms with Crippen LogP contribution in [-0.4, -0.2) is 28.2 Å². The summed E-state index contributed by atoms with van der Waals surface area (Å²) in [5.41, 5.74) is 11.2. The smallest absolute Gasteiger partial charge is 0.337 e. The summed E-state index contributed by atoms with van der Waals surface area (Å²) in [5.74, 6) is -0.992. The van der Waals surface area contributed by atoms with Gasteiger partial charge in [-0.2, -0.15) is 0 Å². The molecule has 0 saturated carbocycles. The number of nitrogens with two attached hydrogens (primary N) is 1. The number of anilines is 2. The van der Waals surface area contributed by atoms with Crippen LogP contribution < -0.4 is 11.2 Å². The molecule has 0 bridgehead atoms. The van der Waals surface area contributed by atoms with Crippen molar-refractivity contribution in [3.63, 3.8) is 0 Å². The van der Waals surface area contributed by atoms with Crippen LogP contribution in [0.4, 0.5) is 11.4 Å². The normalized spacial score (nSPS) is 23.6. The van der Waals surface area contributed by atoms with E-state index in [1.807, 2.05) is 13.0 Å². The fraction of sp³-hybridized carbons (Fsp3) is 0.533. The van der Waals surface area contributed by atoms with Crippen LogP contribution in [0.15, 0.2) is 12.1 Å². The Hall–Kier alpha value is -1.75. The number of nitrogens with zero attached hydrogens (tertiary/aromatic N) is 1. The first kappa shape index (κ1) is 14.7. The molecule has 0 radical (unpaired) electrons. The van der Waals surface area contributed by atoms with Crippen molar-refractivity contribution < 1.29 is 9.90 Å². The third-order valence-electron chi connectivity index (χ3n) is 4.07. The molecule has 1 aromatic rings. The summed E-state index contributed by atoms with van der Waals surface area (Å²) in [6.07, 6.45) is 3.54. The lowest BCUT2D eigenvalue weighted by atomic mass is 9.99. The van der Waals surface area contributed by atoms with Crippen molar-refractivity contribution in [3.05, 3.63) is 23.3 Å². The number of nitrogen functional groups attached to an aromatic ring is 1. The SMILES string of the molecule is Cc1cc(NN2C(C)CCCC2C)cc(C(=O)O)c1N. The molecular formula is C15H23N3O2. The Morgan fingerprint density at radius 1 is 1.35 bits per heavy atom. The number of hydrogen-bond donors (Lipinski definition) is 3. The lowest BCUT2D eigenvalue weighted by Crippen LogP contribution is -2.47. The van der Waals surface area contributed by atoms with Gasteiger partial charge >= 0.3 is 5.97 Å². The minimum atomic E-state index is -0.992. The van der Waals surface area contributed by atoms with Crippen molar-refractivity contribution in [1.82, 2.24) is 5.01 Å². The van der Waals surface area contributed by atoms with Crippen LogP contribution >= 0.6 is 0 Å². The average Bonchev–Trinajstić information content (AvgIpc) is 2.37. The minimum absolute atomic E-state index is 0.157. The molecule has 20 heavy (non-hydrogen) atoms. The summed E-state index contributed by atoms with van der Waals surface area (Å²) in [5, 5.41) is 11.4. The molecule has 1 aliphatic rings. The molecule has 1 fully saturated rings. The summed E-state index contributed by atoms with van der Waals surface area (Å²) < 4.78 is 0. The van der Waals surface area contributed by atoms with Gasteiger partial charge < -0.3 is 16.3 Å². The van der Waals surface area contributed by atoms with Crippen molar-refractivity contribution in [2.75, 3.05) is 11.2 Å². The molecule has 110 valence electrons. The highest BCUT2D eigenvalue weighted by molar-refractivity contribution is 5.95. The van der Waals surface area contributed by atoms with Gasteiger partial charge in [-0.05, 0) is 51.3 Å². The summed E-state index contributed by atoms with van der Waals surface area (Å²) in [6, 6.07) is 4.38. The van der Waals surface area contributed by atoms with Gasteiger partial charge in [-0.3, -0.25) is 0 Å². The van der Waals surface area contributed by atoms with E-state index in [1.54, 1.807) is 6.07 Å². The summed E-state index contributed by atoms with van der Waals surface area (Å²) >= 11 is 0. The van der Waals surface area contributed by atoms with Crippen LogP contribution in [0.2, 0.25) is 0 Å². The Labute approximate surface area is 119 Å². The number of nitrogens with one attached hydrogen (secondary N) is 1. The molecule has 5 nitrogen and oxygen atoms in total. The molecule has 0 amide bonds. The highest BCUT2D eigenvalue weighted by Gasteiger charge is 2.25. The summed E-state index contributed by atoms with van der Waals surface area (Å²) in [4.78, 5) is 11.2. The number of carboxylic acids is 1. The van der Waals surface area contributed by atoms with Crippen LogP contribution in [0, 0.1) is 6.92 Å². The van der Waals surface area contributed by atoms with E-state index in [9.17, 15) is 9.90 Å². The lowest BCUT2D eigenvalue weighted by Gasteiger charge is -2.39. The lowest BCUT2D eigenvalue weighted by molar-refractivity contribution is 0.0698. The Morgan fingerprint density at radius 3 is 2.50 bits per heavy atom. The zero-order valence-corrected chi connectivity index (χ0v) is 12.3. The van der Waals surface area contributed by atoms with Gasteiger partial charge in [-0.15, -0.1) is 0 Å². The van der Waals surface area contributed by atoms with E-state index >= 15 is 0 Å². The first-order valence-corrected chi connectivity index (χ1v) is 7.08. The van der Waals surface area contributed by atoms with Gasteiger partial charge in [0.2, 0.25) is 0 Å². The predicted molar refractivity (Wildman–Crippen MR) is 80.8 cm³/mol. The Kier molecular flexibility index (Phi) is 4.18. The van der Waals surface area contributed by atoms with Gasteiger partial charge in [0.15, 0.2) is 0 Å². The van der Waals surface area contributed by atoms with E-state index in [4.69, 9.17) is 5.73 Å². The number of aromatic carboxylic acids is 1. The van der Waals surface area contributed by atoms with Gasteiger partial charge in [0.1, 0.15) is 0 Å². The van der Waals surface area contributed by atoms with Crippen molar-refractivity contribution in [2.24, 2.45) is 0 Å². The first-order chi connectivity index (χ1) is 9.40. The maximum Gasteiger partial charge on any atom is 0.337 e. The molecular weight excluding hydrogens is 254 g/mol. The number of aryl methyl sites for hydroxylation is 1. The van der Waals surface area contributed by atoms with Gasteiger partial charge in [0, 0.05) is 17.8 Å². The topological polar surface area (TPSA) is 78.6 Å². The van der Waals surface area contributed by atoms with E-state index in [2.05, 4.69) is 24.3 Å². The van der Waals surface area contributed by atoms with E-state index in [0.29, 0.717) is 17.8 Å². The molecule has 2 unspecified atom stereocenters. The fourth-order valence-electron chi connectivity index (χ4n) is 2.83. The van der Waals surface area contributed by atoms with Gasteiger partial charge in [-0.25, -0.2) is 9.80 Å². The van der Waals surface area contributed by atoms with Crippen LogP contribution in [0.1, 0.15) is 49.0 Å². The number of carboxylic acid groups (broad SMARTS) is 1. The third-order valence-corrected chi connectivity index (χ3v) is 4.07. The molecule has 4 N–H and O–H groups in total. The van der Waals surface area contributed by atoms with Crippen LogP contribution in [-0.2, 0) is 0 Å². The standard InChI is InChI=1S/C15H23N3O2/c1-9-7-12(8-13(14(9)16)15(19)20)17-18-10(2)5-4-6-11(18)3/h7-8,10-11,17H,4-6,16H2,1-3H3,(H,19,20). The molecule has 2 rings (SSSR count). The number of piperidine rings is 1. The molecule has 0 aliphatic carbocycles. The van der Waals surface area contributed by atoms with Crippen molar-refractivity contribution in [2.45, 2.75) is 52.1 Å². The molecule has 1 aliphatic heterocycles. The molecule has 0 aromatic heterocycles. The van der Waals surface area contributed by atoms with E-state index < -0.39 is 5.97 Å². The number of rotatable bonds is 3. The van der Waals surface area contributed by atoms with Crippen molar-refractivity contribution >= 4 is 17.3 Å². The predicted octanol–water partition coefficient (Wildman–Crippen LogP) is 2.87. The monoisotopic (exact) mass is 277 g/mol. The number of carbonyl (C=O) groups is 1. The molecule has 2 atom stereocenters. The first-order valence-electron chi connectivity index (χ1n) is 7.08. The summed E-state index contributed by atoms with van der Waals surface area (Å²) in [6.45, 7) is 6.20. The number of hydrogen-bond acceptors (Lipinski definition) is 4. The maximum atomic E-state index is 11.2. The van der Waals surface area contributed by atoms with Gasteiger partial charge in [-0.1, -0.05) is 6.42 Å². The second kappa shape index (κ2) is 5.71. The third kappa shape index (κ3) is 2.88. The number of hydrazine groups is 1. The molecule has 0 spiro atoms. The second-order valence-electron chi connectivity index (χ2n) is 5.71. The van der Waals surface area contributed by atoms with Crippen molar-refractivity contribution in [1.29, 1.82) is 0 Å². The number of benzene rings is 1. The average molecular weight is 277 g/mol. The zero-order valence-electron chi connectivity index (χ0n) is 12.3. The van der Waals surface area contributed by atoms with E-state index in [-0.39, 0.29) is 5.56 Å². The van der Waals surface area contributed by atoms with Gasteiger partial charge in [0.25, 0.3) is 0 Å². The fourth-order valence-corrected chi connectivity index (χ4v) is 2.83. The quantitative estimate of drug-likeness (QED) is 0.740. The van der Waals surface area contributed by atoms with Crippen LogP contribution in [0.5, 0.6) is 0 Å². The summed E-state index contributed by atoms with van der Waals surface area (Å²) in [7, 11) is 0. The molecule has 1 heterocycles.